The minimum Gasteiger partial charge on any atom is -0.479 e. The molecule has 2 rings (SSSR count). The Hall–Kier alpha value is -2.14. The van der Waals surface area contributed by atoms with E-state index >= 15 is 0 Å². The van der Waals surface area contributed by atoms with Gasteiger partial charge in [-0.3, -0.25) is 4.79 Å². The van der Waals surface area contributed by atoms with Gasteiger partial charge in [0.2, 0.25) is 5.91 Å². The first-order valence-electron chi connectivity index (χ1n) is 7.13. The Balaban J connectivity index is 2.23. The number of amides is 1. The van der Waals surface area contributed by atoms with Crippen LogP contribution >= 0.6 is 11.3 Å². The van der Waals surface area contributed by atoms with E-state index in [1.54, 1.807) is 42.5 Å². The Labute approximate surface area is 133 Å². The molecule has 4 nitrogen and oxygen atoms in total. The van der Waals surface area contributed by atoms with Crippen LogP contribution in [-0.2, 0) is 21.5 Å². The SMILES string of the molecule is CCC(NC(=O)Cc1ccc(C)s1)(C(=O)O)c1ccccc1. The largest absolute Gasteiger partial charge is 0.479 e. The number of rotatable bonds is 6. The van der Waals surface area contributed by atoms with Gasteiger partial charge in [-0.25, -0.2) is 4.79 Å². The van der Waals surface area contributed by atoms with Crippen LogP contribution in [0.25, 0.3) is 0 Å². The lowest BCUT2D eigenvalue weighted by molar-refractivity contribution is -0.148. The molecule has 2 aromatic rings. The van der Waals surface area contributed by atoms with Crippen LogP contribution < -0.4 is 5.32 Å². The van der Waals surface area contributed by atoms with Crippen LogP contribution in [0.1, 0.15) is 28.7 Å². The van der Waals surface area contributed by atoms with Gasteiger partial charge in [-0.1, -0.05) is 37.3 Å². The molecular weight excluding hydrogens is 298 g/mol. The zero-order chi connectivity index (χ0) is 16.2. The summed E-state index contributed by atoms with van der Waals surface area (Å²) < 4.78 is 0. The molecule has 0 radical (unpaired) electrons. The number of carbonyl (C=O) groups is 2. The molecule has 1 unspecified atom stereocenters. The smallest absolute Gasteiger partial charge is 0.334 e. The van der Waals surface area contributed by atoms with Gasteiger partial charge in [0, 0.05) is 9.75 Å². The lowest BCUT2D eigenvalue weighted by Gasteiger charge is -2.30. The first-order valence-corrected chi connectivity index (χ1v) is 7.95. The second kappa shape index (κ2) is 6.75. The quantitative estimate of drug-likeness (QED) is 0.860. The summed E-state index contributed by atoms with van der Waals surface area (Å²) in [4.78, 5) is 26.2. The van der Waals surface area contributed by atoms with Crippen molar-refractivity contribution in [2.75, 3.05) is 0 Å². The molecule has 0 aliphatic heterocycles. The van der Waals surface area contributed by atoms with E-state index in [-0.39, 0.29) is 18.7 Å². The van der Waals surface area contributed by atoms with Crippen LogP contribution in [0, 0.1) is 6.92 Å². The zero-order valence-corrected chi connectivity index (χ0v) is 13.4. The molecule has 0 fully saturated rings. The van der Waals surface area contributed by atoms with Crippen LogP contribution in [-0.4, -0.2) is 17.0 Å². The zero-order valence-electron chi connectivity index (χ0n) is 12.6. The van der Waals surface area contributed by atoms with Gasteiger partial charge < -0.3 is 10.4 Å². The van der Waals surface area contributed by atoms with Gasteiger partial charge in [-0.05, 0) is 31.0 Å². The third-order valence-corrected chi connectivity index (χ3v) is 4.65. The Morgan fingerprint density at radius 1 is 1.18 bits per heavy atom. The van der Waals surface area contributed by atoms with E-state index in [0.717, 1.165) is 9.75 Å². The third-order valence-electron chi connectivity index (χ3n) is 3.65. The van der Waals surface area contributed by atoms with E-state index < -0.39 is 11.5 Å². The Bertz CT molecular complexity index is 666. The van der Waals surface area contributed by atoms with Crippen molar-refractivity contribution in [3.05, 3.63) is 57.8 Å². The molecule has 0 spiro atoms. The fraction of sp³-hybridized carbons (Fsp3) is 0.294. The van der Waals surface area contributed by atoms with Crippen LogP contribution in [0.5, 0.6) is 0 Å². The van der Waals surface area contributed by atoms with Crippen LogP contribution in [0.15, 0.2) is 42.5 Å². The molecule has 1 atom stereocenters. The van der Waals surface area contributed by atoms with E-state index in [4.69, 9.17) is 0 Å². The number of nitrogens with one attached hydrogen (secondary N) is 1. The average Bonchev–Trinajstić information content (AvgIpc) is 2.90. The fourth-order valence-corrected chi connectivity index (χ4v) is 3.33. The predicted octanol–water partition coefficient (Wildman–Crippen LogP) is 3.11. The summed E-state index contributed by atoms with van der Waals surface area (Å²) in [5.41, 5.74) is -0.800. The third kappa shape index (κ3) is 3.36. The molecule has 22 heavy (non-hydrogen) atoms. The lowest BCUT2D eigenvalue weighted by atomic mass is 9.87. The molecule has 2 N–H and O–H groups in total. The minimum absolute atomic E-state index is 0.195. The second-order valence-electron chi connectivity index (χ2n) is 5.17. The molecule has 1 amide bonds. The maximum atomic E-state index is 12.3. The summed E-state index contributed by atoms with van der Waals surface area (Å²) in [5.74, 6) is -1.33. The number of carboxylic acid groups (broad SMARTS) is 1. The topological polar surface area (TPSA) is 66.4 Å². The Kier molecular flexibility index (Phi) is 4.98. The van der Waals surface area contributed by atoms with Gasteiger partial charge in [0.05, 0.1) is 6.42 Å². The summed E-state index contributed by atoms with van der Waals surface area (Å²) in [6, 6.07) is 12.7. The maximum absolute atomic E-state index is 12.3. The number of aryl methyl sites for hydroxylation is 1. The number of hydrogen-bond acceptors (Lipinski definition) is 3. The highest BCUT2D eigenvalue weighted by Gasteiger charge is 2.40. The highest BCUT2D eigenvalue weighted by atomic mass is 32.1. The Morgan fingerprint density at radius 2 is 1.86 bits per heavy atom. The van der Waals surface area contributed by atoms with Crippen molar-refractivity contribution >= 4 is 23.2 Å². The minimum atomic E-state index is -1.38. The van der Waals surface area contributed by atoms with E-state index in [1.165, 1.54) is 0 Å². The molecule has 5 heteroatoms. The number of hydrogen-bond donors (Lipinski definition) is 2. The second-order valence-corrected chi connectivity index (χ2v) is 6.54. The van der Waals surface area contributed by atoms with E-state index in [9.17, 15) is 14.7 Å². The number of carboxylic acids is 1. The number of benzene rings is 1. The van der Waals surface area contributed by atoms with Crippen molar-refractivity contribution in [2.45, 2.75) is 32.2 Å². The van der Waals surface area contributed by atoms with Crippen LogP contribution in [0.2, 0.25) is 0 Å². The summed E-state index contributed by atoms with van der Waals surface area (Å²) in [6.45, 7) is 3.74. The highest BCUT2D eigenvalue weighted by molar-refractivity contribution is 7.12. The van der Waals surface area contributed by atoms with Crippen molar-refractivity contribution in [3.8, 4) is 0 Å². The molecule has 1 heterocycles. The van der Waals surface area contributed by atoms with Gasteiger partial charge >= 0.3 is 5.97 Å². The van der Waals surface area contributed by atoms with Crippen molar-refractivity contribution in [2.24, 2.45) is 0 Å². The normalized spacial score (nSPS) is 13.4. The van der Waals surface area contributed by atoms with Crippen molar-refractivity contribution in [3.63, 3.8) is 0 Å². The van der Waals surface area contributed by atoms with E-state index in [0.29, 0.717) is 5.56 Å². The fourth-order valence-electron chi connectivity index (χ4n) is 2.44. The summed E-state index contributed by atoms with van der Waals surface area (Å²) in [5, 5.41) is 12.4. The molecule has 116 valence electrons. The molecule has 0 saturated heterocycles. The van der Waals surface area contributed by atoms with Gasteiger partial charge in [0.1, 0.15) is 0 Å². The summed E-state index contributed by atoms with van der Waals surface area (Å²) in [7, 11) is 0. The van der Waals surface area contributed by atoms with E-state index in [2.05, 4.69) is 5.32 Å². The molecule has 1 aromatic carbocycles. The molecule has 1 aromatic heterocycles. The van der Waals surface area contributed by atoms with Crippen molar-refractivity contribution in [1.29, 1.82) is 0 Å². The molecule has 0 saturated carbocycles. The van der Waals surface area contributed by atoms with Crippen LogP contribution in [0.3, 0.4) is 0 Å². The molecule has 0 aliphatic carbocycles. The first kappa shape index (κ1) is 16.2. The molecule has 0 aliphatic rings. The van der Waals surface area contributed by atoms with Gasteiger partial charge in [-0.15, -0.1) is 11.3 Å². The van der Waals surface area contributed by atoms with Gasteiger partial charge in [0.25, 0.3) is 0 Å². The maximum Gasteiger partial charge on any atom is 0.334 e. The average molecular weight is 317 g/mol. The van der Waals surface area contributed by atoms with Gasteiger partial charge in [0.15, 0.2) is 5.54 Å². The molecule has 0 bridgehead atoms. The van der Waals surface area contributed by atoms with Crippen molar-refractivity contribution < 1.29 is 14.7 Å². The van der Waals surface area contributed by atoms with Crippen LogP contribution in [0.4, 0.5) is 0 Å². The predicted molar refractivity (Wildman–Crippen MR) is 86.9 cm³/mol. The van der Waals surface area contributed by atoms with Crippen molar-refractivity contribution in [1.82, 2.24) is 5.32 Å². The number of thiophene rings is 1. The summed E-state index contributed by atoms with van der Waals surface area (Å²) >= 11 is 1.55. The lowest BCUT2D eigenvalue weighted by Crippen LogP contribution is -2.51. The summed E-state index contributed by atoms with van der Waals surface area (Å²) in [6.07, 6.45) is 0.474. The Morgan fingerprint density at radius 3 is 2.36 bits per heavy atom. The highest BCUT2D eigenvalue weighted by Crippen LogP contribution is 2.26. The standard InChI is InChI=1S/C17H19NO3S/c1-3-17(16(20)21,13-7-5-4-6-8-13)18-15(19)11-14-10-9-12(2)22-14/h4-10H,3,11H2,1-2H3,(H,18,19)(H,20,21). The number of carbonyl (C=O) groups excluding carboxylic acids is 1. The monoisotopic (exact) mass is 317 g/mol. The number of aliphatic carboxylic acids is 1. The van der Waals surface area contributed by atoms with Gasteiger partial charge in [-0.2, -0.15) is 0 Å². The van der Waals surface area contributed by atoms with E-state index in [1.807, 2.05) is 25.1 Å². The molecular formula is C17H19NO3S. The first-order chi connectivity index (χ1) is 10.5.